The largest absolute Gasteiger partial charge is 0.416 e. The van der Waals surface area contributed by atoms with Crippen molar-refractivity contribution in [2.75, 3.05) is 38.1 Å². The number of anilines is 1. The van der Waals surface area contributed by atoms with E-state index in [-0.39, 0.29) is 4.90 Å². The maximum absolute atomic E-state index is 13.5. The second-order valence-electron chi connectivity index (χ2n) is 11.5. The molecule has 7 nitrogen and oxygen atoms in total. The van der Waals surface area contributed by atoms with Gasteiger partial charge in [-0.1, -0.05) is 18.2 Å². The molecule has 1 aromatic heterocycles. The summed E-state index contributed by atoms with van der Waals surface area (Å²) in [6.45, 7) is 5.31. The SMILES string of the molecule is Cc1cc(-c2cccc(C(F)(F)F)c2)cc2c(N3CCc4ccc(S(=O)(=O)N(C)CC5CCNCC5)cc4C3)ncnc12. The number of fused-ring (bicyclic) bond motifs is 2. The predicted octanol–water partition coefficient (Wildman–Crippen LogP) is 5.81. The summed E-state index contributed by atoms with van der Waals surface area (Å²) in [7, 11) is -2.00. The molecule has 6 rings (SSSR count). The van der Waals surface area contributed by atoms with E-state index in [1.54, 1.807) is 25.2 Å². The molecular weight excluding hydrogens is 575 g/mol. The highest BCUT2D eigenvalue weighted by Crippen LogP contribution is 2.36. The van der Waals surface area contributed by atoms with Crippen LogP contribution in [0.3, 0.4) is 0 Å². The normalized spacial score (nSPS) is 16.6. The van der Waals surface area contributed by atoms with Crippen LogP contribution < -0.4 is 10.2 Å². The Labute approximate surface area is 249 Å². The van der Waals surface area contributed by atoms with Crippen LogP contribution in [0.1, 0.15) is 35.1 Å². The van der Waals surface area contributed by atoms with E-state index in [0.717, 1.165) is 65.7 Å². The topological polar surface area (TPSA) is 78.4 Å². The molecule has 0 aliphatic carbocycles. The summed E-state index contributed by atoms with van der Waals surface area (Å²) in [5, 5.41) is 4.06. The predicted molar refractivity (Wildman–Crippen MR) is 161 cm³/mol. The number of hydrogen-bond acceptors (Lipinski definition) is 6. The van der Waals surface area contributed by atoms with Gasteiger partial charge in [0.1, 0.15) is 12.1 Å². The Balaban J connectivity index is 1.31. The van der Waals surface area contributed by atoms with Crippen molar-refractivity contribution >= 4 is 26.7 Å². The first-order valence-electron chi connectivity index (χ1n) is 14.5. The third-order valence-corrected chi connectivity index (χ3v) is 10.4. The number of benzene rings is 3. The highest BCUT2D eigenvalue weighted by molar-refractivity contribution is 7.89. The summed E-state index contributed by atoms with van der Waals surface area (Å²) in [5.41, 5.74) is 3.97. The van der Waals surface area contributed by atoms with E-state index in [0.29, 0.717) is 48.9 Å². The van der Waals surface area contributed by atoms with Gasteiger partial charge in [-0.3, -0.25) is 0 Å². The molecule has 1 fully saturated rings. The Morgan fingerprint density at radius 1 is 1.00 bits per heavy atom. The van der Waals surface area contributed by atoms with Crippen molar-refractivity contribution in [1.29, 1.82) is 0 Å². The van der Waals surface area contributed by atoms with Crippen LogP contribution in [-0.4, -0.2) is 55.9 Å². The van der Waals surface area contributed by atoms with Crippen LogP contribution >= 0.6 is 0 Å². The number of nitrogens with one attached hydrogen (secondary N) is 1. The first-order valence-corrected chi connectivity index (χ1v) is 15.9. The third kappa shape index (κ3) is 5.98. The summed E-state index contributed by atoms with van der Waals surface area (Å²) in [6.07, 6.45) is -0.313. The van der Waals surface area contributed by atoms with Crippen molar-refractivity contribution in [3.8, 4) is 11.1 Å². The molecule has 0 amide bonds. The smallest absolute Gasteiger partial charge is 0.351 e. The van der Waals surface area contributed by atoms with Crippen LogP contribution in [0.25, 0.3) is 22.0 Å². The molecule has 0 unspecified atom stereocenters. The van der Waals surface area contributed by atoms with E-state index in [9.17, 15) is 21.6 Å². The zero-order valence-electron chi connectivity index (χ0n) is 24.2. The fourth-order valence-electron chi connectivity index (χ4n) is 6.21. The number of nitrogens with zero attached hydrogens (tertiary/aromatic N) is 4. The number of alkyl halides is 3. The summed E-state index contributed by atoms with van der Waals surface area (Å²) in [4.78, 5) is 11.5. The molecule has 3 heterocycles. The van der Waals surface area contributed by atoms with Crippen molar-refractivity contribution in [3.05, 3.63) is 83.2 Å². The molecule has 0 atom stereocenters. The van der Waals surface area contributed by atoms with Gasteiger partial charge < -0.3 is 10.2 Å². The molecule has 1 saturated heterocycles. The van der Waals surface area contributed by atoms with Gasteiger partial charge >= 0.3 is 6.18 Å². The first kappa shape index (κ1) is 29.5. The Kier molecular flexibility index (Phi) is 7.91. The fraction of sp³-hybridized carbons (Fsp3) is 0.375. The van der Waals surface area contributed by atoms with E-state index in [4.69, 9.17) is 0 Å². The monoisotopic (exact) mass is 609 g/mol. The van der Waals surface area contributed by atoms with Crippen LogP contribution in [0.4, 0.5) is 19.0 Å². The Bertz CT molecular complexity index is 1770. The molecule has 2 aliphatic heterocycles. The van der Waals surface area contributed by atoms with Gasteiger partial charge in [-0.15, -0.1) is 0 Å². The first-order chi connectivity index (χ1) is 20.5. The van der Waals surface area contributed by atoms with Crippen LogP contribution in [0, 0.1) is 12.8 Å². The van der Waals surface area contributed by atoms with Gasteiger partial charge in [0.05, 0.1) is 16.0 Å². The van der Waals surface area contributed by atoms with Gasteiger partial charge in [0, 0.05) is 32.1 Å². The lowest BCUT2D eigenvalue weighted by Gasteiger charge is -2.31. The van der Waals surface area contributed by atoms with Gasteiger partial charge in [-0.05, 0) is 109 Å². The van der Waals surface area contributed by atoms with Crippen molar-refractivity contribution < 1.29 is 21.6 Å². The summed E-state index contributed by atoms with van der Waals surface area (Å²) in [5.74, 6) is 1.01. The zero-order valence-corrected chi connectivity index (χ0v) is 25.0. The lowest BCUT2D eigenvalue weighted by molar-refractivity contribution is -0.137. The minimum atomic E-state index is -4.44. The van der Waals surface area contributed by atoms with Crippen LogP contribution in [-0.2, 0) is 29.2 Å². The number of hydrogen-bond donors (Lipinski definition) is 1. The molecule has 0 bridgehead atoms. The van der Waals surface area contributed by atoms with Gasteiger partial charge in [-0.25, -0.2) is 22.7 Å². The Hall–Kier alpha value is -3.54. The number of piperidine rings is 1. The number of aryl methyl sites for hydroxylation is 1. The zero-order chi connectivity index (χ0) is 30.4. The van der Waals surface area contributed by atoms with Crippen molar-refractivity contribution in [3.63, 3.8) is 0 Å². The molecule has 0 radical (unpaired) electrons. The summed E-state index contributed by atoms with van der Waals surface area (Å²) in [6, 6.07) is 14.4. The number of aromatic nitrogens is 2. The van der Waals surface area contributed by atoms with Crippen molar-refractivity contribution in [1.82, 2.24) is 19.6 Å². The molecule has 226 valence electrons. The van der Waals surface area contributed by atoms with Gasteiger partial charge in [0.25, 0.3) is 0 Å². The molecule has 1 N–H and O–H groups in total. The molecule has 11 heteroatoms. The average Bonchev–Trinajstić information content (AvgIpc) is 3.00. The molecule has 4 aromatic rings. The van der Waals surface area contributed by atoms with E-state index in [1.807, 2.05) is 25.1 Å². The van der Waals surface area contributed by atoms with E-state index < -0.39 is 21.8 Å². The minimum Gasteiger partial charge on any atom is -0.351 e. The maximum Gasteiger partial charge on any atom is 0.416 e. The van der Waals surface area contributed by atoms with Gasteiger partial charge in [0.15, 0.2) is 0 Å². The summed E-state index contributed by atoms with van der Waals surface area (Å²) < 4.78 is 68.8. The Morgan fingerprint density at radius 3 is 2.56 bits per heavy atom. The molecule has 3 aromatic carbocycles. The van der Waals surface area contributed by atoms with Gasteiger partial charge in [-0.2, -0.15) is 13.2 Å². The molecular formula is C32H34F3N5O2S. The van der Waals surface area contributed by atoms with Crippen LogP contribution in [0.15, 0.2) is 65.8 Å². The van der Waals surface area contributed by atoms with E-state index in [2.05, 4.69) is 20.2 Å². The average molecular weight is 610 g/mol. The molecule has 2 aliphatic rings. The van der Waals surface area contributed by atoms with E-state index >= 15 is 0 Å². The quantitative estimate of drug-likeness (QED) is 0.298. The second-order valence-corrected chi connectivity index (χ2v) is 13.6. The third-order valence-electron chi connectivity index (χ3n) is 8.60. The molecule has 43 heavy (non-hydrogen) atoms. The summed E-state index contributed by atoms with van der Waals surface area (Å²) >= 11 is 0. The highest BCUT2D eigenvalue weighted by Gasteiger charge is 2.31. The Morgan fingerprint density at radius 2 is 1.79 bits per heavy atom. The highest BCUT2D eigenvalue weighted by atomic mass is 32.2. The number of rotatable bonds is 6. The number of halogens is 3. The fourth-order valence-corrected chi connectivity index (χ4v) is 7.50. The number of sulfonamides is 1. The second kappa shape index (κ2) is 11.5. The lowest BCUT2D eigenvalue weighted by atomic mass is 9.97. The molecule has 0 spiro atoms. The van der Waals surface area contributed by atoms with Crippen molar-refractivity contribution in [2.24, 2.45) is 5.92 Å². The van der Waals surface area contributed by atoms with Crippen LogP contribution in [0.2, 0.25) is 0 Å². The lowest BCUT2D eigenvalue weighted by Crippen LogP contribution is -2.37. The van der Waals surface area contributed by atoms with Gasteiger partial charge in [0.2, 0.25) is 10.0 Å². The van der Waals surface area contributed by atoms with E-state index in [1.165, 1.54) is 16.7 Å². The van der Waals surface area contributed by atoms with Crippen LogP contribution in [0.5, 0.6) is 0 Å². The standard InChI is InChI=1S/C32H34F3N5O2S/c1-21-14-25(24-4-3-5-27(15-24)32(33,34)35)17-29-30(21)37-20-38-31(29)40-13-10-23-6-7-28(16-26(23)19-40)43(41,42)39(2)18-22-8-11-36-12-9-22/h3-7,14-17,20,22,36H,8-13,18-19H2,1-2H3. The minimum absolute atomic E-state index is 0.278. The maximum atomic E-state index is 13.5. The van der Waals surface area contributed by atoms with Crippen molar-refractivity contribution in [2.45, 2.75) is 43.8 Å². The molecule has 0 saturated carbocycles.